The van der Waals surface area contributed by atoms with Gasteiger partial charge < -0.3 is 20.7 Å². The van der Waals surface area contributed by atoms with E-state index in [1.807, 2.05) is 6.07 Å². The molecule has 15 heteroatoms. The lowest BCUT2D eigenvalue weighted by molar-refractivity contribution is -0.111. The van der Waals surface area contributed by atoms with E-state index >= 15 is 0 Å². The molecule has 0 unspecified atom stereocenters. The smallest absolute Gasteiger partial charge is 0.253 e. The number of nitrogens with one attached hydrogen (secondary N) is 5. The molecular weight excluding hydrogens is 615 g/mol. The minimum Gasteiger partial charge on any atom is -0.354 e. The molecule has 0 fully saturated rings. The normalized spacial score (nSPS) is 12.3. The van der Waals surface area contributed by atoms with Gasteiger partial charge in [-0.1, -0.05) is 47.0 Å². The first-order valence-electron chi connectivity index (χ1n) is 11.7. The molecule has 2 aromatic rings. The van der Waals surface area contributed by atoms with Gasteiger partial charge in [-0.25, -0.2) is 4.72 Å². The number of carbonyl (C=O) groups is 4. The molecule has 2 rings (SSSR count). The molecule has 0 aromatic heterocycles. The molecule has 39 heavy (non-hydrogen) atoms. The first-order valence-corrected chi connectivity index (χ1v) is 16.8. The van der Waals surface area contributed by atoms with Crippen LogP contribution in [0.3, 0.4) is 0 Å². The number of hydrogen-bond donors (Lipinski definition) is 8. The van der Waals surface area contributed by atoms with Gasteiger partial charge in [0, 0.05) is 36.1 Å². The molecule has 0 heterocycles. The van der Waals surface area contributed by atoms with Crippen molar-refractivity contribution >= 4 is 106 Å². The SMILES string of the molecule is O=C[C@H](CS)NSSCCNC(=O)c1ccccc1Nc1ccccc1C(=O)NCCSN[C@@H](CS)C(=O)S. The third-order valence-corrected chi connectivity index (χ3v) is 8.86. The van der Waals surface area contributed by atoms with Crippen LogP contribution in [-0.4, -0.2) is 71.4 Å². The van der Waals surface area contributed by atoms with E-state index in [2.05, 4.69) is 63.3 Å². The Labute approximate surface area is 257 Å². The second kappa shape index (κ2) is 19.6. The maximum absolute atomic E-state index is 12.9. The summed E-state index contributed by atoms with van der Waals surface area (Å²) in [7, 11) is 2.82. The van der Waals surface area contributed by atoms with E-state index < -0.39 is 6.04 Å². The third-order valence-electron chi connectivity index (χ3n) is 4.90. The molecule has 0 aliphatic rings. The Bertz CT molecular complexity index is 1100. The topological polar surface area (TPSA) is 128 Å². The Hall–Kier alpha value is -1.46. The fourth-order valence-corrected chi connectivity index (χ4v) is 6.36. The van der Waals surface area contributed by atoms with E-state index in [-0.39, 0.29) is 23.0 Å². The van der Waals surface area contributed by atoms with E-state index in [1.165, 1.54) is 33.7 Å². The molecule has 0 radical (unpaired) electrons. The van der Waals surface area contributed by atoms with E-state index in [9.17, 15) is 19.2 Å². The van der Waals surface area contributed by atoms with Crippen LogP contribution in [0.15, 0.2) is 48.5 Å². The number of aldehydes is 1. The average molecular weight is 646 g/mol. The van der Waals surface area contributed by atoms with Crippen LogP contribution < -0.4 is 25.4 Å². The van der Waals surface area contributed by atoms with Crippen molar-refractivity contribution in [2.75, 3.05) is 41.4 Å². The molecule has 0 bridgehead atoms. The van der Waals surface area contributed by atoms with E-state index in [0.717, 1.165) is 6.29 Å². The molecule has 0 aliphatic heterocycles. The second-order valence-electron chi connectivity index (χ2n) is 7.72. The maximum atomic E-state index is 12.9. The zero-order chi connectivity index (χ0) is 28.5. The number of benzene rings is 2. The highest BCUT2D eigenvalue weighted by Crippen LogP contribution is 2.24. The lowest BCUT2D eigenvalue weighted by Gasteiger charge is -2.15. The zero-order valence-corrected chi connectivity index (χ0v) is 25.9. The van der Waals surface area contributed by atoms with Crippen molar-refractivity contribution in [1.29, 1.82) is 0 Å². The van der Waals surface area contributed by atoms with E-state index in [4.69, 9.17) is 0 Å². The second-order valence-corrected chi connectivity index (χ2v) is 12.1. The first-order chi connectivity index (χ1) is 18.9. The van der Waals surface area contributed by atoms with Crippen LogP contribution in [0.1, 0.15) is 20.7 Å². The summed E-state index contributed by atoms with van der Waals surface area (Å²) in [6.45, 7) is 0.808. The molecule has 212 valence electrons. The van der Waals surface area contributed by atoms with Crippen molar-refractivity contribution in [3.05, 3.63) is 59.7 Å². The summed E-state index contributed by atoms with van der Waals surface area (Å²) >= 11 is 13.3. The van der Waals surface area contributed by atoms with Crippen molar-refractivity contribution < 1.29 is 19.2 Å². The highest BCUT2D eigenvalue weighted by molar-refractivity contribution is 8.76. The molecule has 0 aliphatic carbocycles. The summed E-state index contributed by atoms with van der Waals surface area (Å²) < 4.78 is 5.95. The number of thiol groups is 3. The molecule has 2 aromatic carbocycles. The summed E-state index contributed by atoms with van der Waals surface area (Å²) in [6, 6.07) is 13.3. The van der Waals surface area contributed by atoms with Crippen molar-refractivity contribution in [3.63, 3.8) is 0 Å². The van der Waals surface area contributed by atoms with Crippen molar-refractivity contribution in [2.45, 2.75) is 12.1 Å². The molecule has 0 saturated carbocycles. The predicted molar refractivity (Wildman–Crippen MR) is 175 cm³/mol. The van der Waals surface area contributed by atoms with E-state index in [0.29, 0.717) is 58.6 Å². The van der Waals surface area contributed by atoms with Crippen LogP contribution in [0.4, 0.5) is 11.4 Å². The fraction of sp³-hybridized carbons (Fsp3) is 0.333. The predicted octanol–water partition coefficient (Wildman–Crippen LogP) is 3.27. The van der Waals surface area contributed by atoms with Crippen LogP contribution >= 0.6 is 71.6 Å². The third kappa shape index (κ3) is 12.3. The molecule has 0 saturated heterocycles. The highest BCUT2D eigenvalue weighted by Gasteiger charge is 2.16. The Morgan fingerprint density at radius 3 is 1.90 bits per heavy atom. The molecule has 2 amide bonds. The summed E-state index contributed by atoms with van der Waals surface area (Å²) in [4.78, 5) is 47.9. The summed E-state index contributed by atoms with van der Waals surface area (Å²) in [5, 5.41) is 8.69. The van der Waals surface area contributed by atoms with Crippen LogP contribution in [0.5, 0.6) is 0 Å². The zero-order valence-electron chi connectivity index (χ0n) is 20.8. The van der Waals surface area contributed by atoms with Crippen LogP contribution in [0.2, 0.25) is 0 Å². The number of rotatable bonds is 19. The number of carbonyl (C=O) groups excluding carboxylic acids is 4. The van der Waals surface area contributed by atoms with Crippen LogP contribution in [-0.2, 0) is 9.59 Å². The Balaban J connectivity index is 1.91. The molecular formula is C24H31N5O4S6. The largest absolute Gasteiger partial charge is 0.354 e. The van der Waals surface area contributed by atoms with Gasteiger partial charge in [-0.3, -0.25) is 19.1 Å². The standard InChI is InChI=1S/C24H31N5O4S6/c30-13-16(14-34)28-39-38-12-10-26-23(32)18-6-2-4-8-20(18)27-19-7-3-1-5-17(19)22(31)25-9-11-37-29-21(15-35)24(33)36/h1-8,13,16,21,27-29,34-35H,9-12,14-15H2,(H,25,31)(H,26,32)(H,33,36)/t16-,21+/m1/s1. The molecule has 0 spiro atoms. The van der Waals surface area contributed by atoms with Crippen LogP contribution in [0, 0.1) is 0 Å². The Morgan fingerprint density at radius 2 is 1.38 bits per heavy atom. The Kier molecular flexibility index (Phi) is 16.9. The highest BCUT2D eigenvalue weighted by atomic mass is 33.1. The summed E-state index contributed by atoms with van der Waals surface area (Å²) in [6.07, 6.45) is 0.806. The molecule has 9 nitrogen and oxygen atoms in total. The van der Waals surface area contributed by atoms with Crippen molar-refractivity contribution in [2.24, 2.45) is 0 Å². The van der Waals surface area contributed by atoms with Gasteiger partial charge in [0.15, 0.2) is 0 Å². The van der Waals surface area contributed by atoms with Gasteiger partial charge in [-0.2, -0.15) is 25.3 Å². The van der Waals surface area contributed by atoms with E-state index in [1.54, 1.807) is 42.5 Å². The first kappa shape index (κ1) is 33.7. The minimum absolute atomic E-state index is 0.247. The minimum atomic E-state index is -0.464. The van der Waals surface area contributed by atoms with Crippen molar-refractivity contribution in [3.8, 4) is 0 Å². The lowest BCUT2D eigenvalue weighted by atomic mass is 10.1. The molecule has 5 N–H and O–H groups in total. The van der Waals surface area contributed by atoms with Crippen LogP contribution in [0.25, 0.3) is 0 Å². The maximum Gasteiger partial charge on any atom is 0.253 e. The van der Waals surface area contributed by atoms with Gasteiger partial charge in [-0.05, 0) is 35.2 Å². The Morgan fingerprint density at radius 1 is 0.821 bits per heavy atom. The van der Waals surface area contributed by atoms with Gasteiger partial charge in [0.05, 0.1) is 34.6 Å². The summed E-state index contributed by atoms with van der Waals surface area (Å²) in [5.74, 6) is 1.40. The fourth-order valence-electron chi connectivity index (χ4n) is 2.91. The van der Waals surface area contributed by atoms with Gasteiger partial charge in [0.1, 0.15) is 6.29 Å². The van der Waals surface area contributed by atoms with Gasteiger partial charge in [-0.15, -0.1) is 12.6 Å². The number of hydrogen-bond acceptors (Lipinski definition) is 12. The van der Waals surface area contributed by atoms with Gasteiger partial charge in [0.2, 0.25) is 5.12 Å². The number of amides is 2. The monoisotopic (exact) mass is 645 g/mol. The van der Waals surface area contributed by atoms with Gasteiger partial charge in [0.25, 0.3) is 11.8 Å². The number of anilines is 2. The summed E-state index contributed by atoms with van der Waals surface area (Å²) in [5.41, 5.74) is 2.00. The molecule has 2 atom stereocenters. The van der Waals surface area contributed by atoms with Gasteiger partial charge >= 0.3 is 0 Å². The number of para-hydroxylation sites is 2. The quantitative estimate of drug-likeness (QED) is 0.0379. The lowest BCUT2D eigenvalue weighted by Crippen LogP contribution is -2.33. The average Bonchev–Trinajstić information content (AvgIpc) is 2.94. The van der Waals surface area contributed by atoms with Crippen molar-refractivity contribution in [1.82, 2.24) is 20.1 Å².